The van der Waals surface area contributed by atoms with Crippen LogP contribution in [0.1, 0.15) is 85.0 Å². The molecule has 2 spiro atoms. The number of hydrazine groups is 1. The van der Waals surface area contributed by atoms with Crippen molar-refractivity contribution in [3.05, 3.63) is 92.7 Å². The van der Waals surface area contributed by atoms with E-state index in [4.69, 9.17) is 33.2 Å². The van der Waals surface area contributed by atoms with Gasteiger partial charge in [-0.3, -0.25) is 0 Å². The first-order chi connectivity index (χ1) is 23.3. The smallest absolute Gasteiger partial charge is 0.140 e. The standard InChI is InChI=1S/C38H40Cl2N8.2ClH/c1-23-3-7-29-33(23)35(43-21-41-29)47-19-37(27-15-25(39)5-9-31(27)47)11-13-45(17-37)46-14-12-38(18-46)20-48(32-10-6-26(40)16-28(32)38)36-34-24(2)4-8-30(34)42-22-44-36;;/h5-6,9-10,15-16,21-24H,3-4,7-8,11-14,17-20H2,1-2H3;2*1H/t23-,24-,37-,38+;;/m1../s1. The van der Waals surface area contributed by atoms with Crippen LogP contribution in [0.2, 0.25) is 10.0 Å². The maximum absolute atomic E-state index is 6.72. The zero-order valence-electron chi connectivity index (χ0n) is 28.4. The molecule has 2 saturated heterocycles. The highest BCUT2D eigenvalue weighted by molar-refractivity contribution is 6.31. The van der Waals surface area contributed by atoms with Crippen LogP contribution in [0.4, 0.5) is 23.0 Å². The summed E-state index contributed by atoms with van der Waals surface area (Å²) in [6, 6.07) is 13.0. The predicted octanol–water partition coefficient (Wildman–Crippen LogP) is 8.32. The average Bonchev–Trinajstić information content (AvgIpc) is 3.95. The van der Waals surface area contributed by atoms with Gasteiger partial charge in [0.1, 0.15) is 24.3 Å². The normalized spacial score (nSPS) is 27.8. The van der Waals surface area contributed by atoms with E-state index in [1.54, 1.807) is 12.7 Å². The van der Waals surface area contributed by atoms with Crippen molar-refractivity contribution in [2.24, 2.45) is 0 Å². The molecular formula is C38H42Cl4N8. The van der Waals surface area contributed by atoms with E-state index < -0.39 is 0 Å². The van der Waals surface area contributed by atoms with Gasteiger partial charge in [0.25, 0.3) is 0 Å². The molecule has 2 aromatic heterocycles. The Morgan fingerprint density at radius 1 is 0.620 bits per heavy atom. The van der Waals surface area contributed by atoms with Crippen LogP contribution in [0.3, 0.4) is 0 Å². The number of aryl methyl sites for hydroxylation is 2. The minimum absolute atomic E-state index is 0. The van der Waals surface area contributed by atoms with Gasteiger partial charge in [0.2, 0.25) is 0 Å². The zero-order chi connectivity index (χ0) is 32.4. The van der Waals surface area contributed by atoms with Crippen molar-refractivity contribution in [3.63, 3.8) is 0 Å². The number of fused-ring (bicyclic) bond motifs is 6. The third-order valence-corrected chi connectivity index (χ3v) is 13.1. The molecule has 4 aliphatic heterocycles. The molecular weight excluding hydrogens is 710 g/mol. The van der Waals surface area contributed by atoms with Gasteiger partial charge in [-0.25, -0.2) is 30.0 Å². The third-order valence-electron chi connectivity index (χ3n) is 12.6. The molecule has 2 aromatic carbocycles. The third kappa shape index (κ3) is 5.00. The van der Waals surface area contributed by atoms with E-state index in [0.29, 0.717) is 11.8 Å². The first-order valence-electron chi connectivity index (χ1n) is 17.7. The number of anilines is 4. The number of nitrogens with zero attached hydrogens (tertiary/aromatic N) is 8. The second-order valence-electron chi connectivity index (χ2n) is 15.3. The Labute approximate surface area is 316 Å². The van der Waals surface area contributed by atoms with Crippen LogP contribution in [-0.2, 0) is 23.7 Å². The first-order valence-corrected chi connectivity index (χ1v) is 18.4. The van der Waals surface area contributed by atoms with Crippen LogP contribution in [0.25, 0.3) is 0 Å². The Morgan fingerprint density at radius 3 is 1.50 bits per heavy atom. The van der Waals surface area contributed by atoms with Crippen molar-refractivity contribution in [2.45, 2.75) is 75.0 Å². The summed E-state index contributed by atoms with van der Waals surface area (Å²) >= 11 is 13.4. The Balaban J connectivity index is 0.00000180. The summed E-state index contributed by atoms with van der Waals surface area (Å²) in [7, 11) is 0. The van der Waals surface area contributed by atoms with E-state index in [1.807, 2.05) is 12.1 Å². The molecule has 6 aliphatic rings. The van der Waals surface area contributed by atoms with Crippen molar-refractivity contribution in [1.29, 1.82) is 0 Å². The molecule has 0 radical (unpaired) electrons. The zero-order valence-corrected chi connectivity index (χ0v) is 31.6. The summed E-state index contributed by atoms with van der Waals surface area (Å²) in [4.78, 5) is 24.2. The molecule has 0 bridgehead atoms. The van der Waals surface area contributed by atoms with Gasteiger partial charge in [-0.1, -0.05) is 37.0 Å². The van der Waals surface area contributed by atoms with Gasteiger partial charge in [0, 0.05) is 94.0 Å². The Bertz CT molecular complexity index is 1850. The fourth-order valence-electron chi connectivity index (χ4n) is 10.2. The number of hydrogen-bond donors (Lipinski definition) is 0. The van der Waals surface area contributed by atoms with Crippen molar-refractivity contribution in [2.75, 3.05) is 49.1 Å². The molecule has 6 heterocycles. The SMILES string of the molecule is C[C@@H]1CCc2ncnc(N3C[C@]4(CCN(N5CC[C@@]6(CN(c7ncnc8c7[C@H](C)CC8)c7ccc(Cl)cc76)C5)C4)c4cc(Cl)ccc43)c21.Cl.Cl. The molecule has 4 aromatic rings. The van der Waals surface area contributed by atoms with Crippen LogP contribution in [0.15, 0.2) is 49.1 Å². The summed E-state index contributed by atoms with van der Waals surface area (Å²) in [6.45, 7) is 10.5. The van der Waals surface area contributed by atoms with E-state index >= 15 is 0 Å². The molecule has 10 rings (SSSR count). The maximum Gasteiger partial charge on any atom is 0.140 e. The molecule has 0 unspecified atom stereocenters. The molecule has 12 heteroatoms. The van der Waals surface area contributed by atoms with Crippen molar-refractivity contribution >= 4 is 71.0 Å². The first kappa shape index (κ1) is 34.4. The lowest BCUT2D eigenvalue weighted by Crippen LogP contribution is -2.45. The van der Waals surface area contributed by atoms with Crippen LogP contribution in [0.5, 0.6) is 0 Å². The summed E-state index contributed by atoms with van der Waals surface area (Å²) in [5.74, 6) is 3.12. The number of benzene rings is 2. The largest absolute Gasteiger partial charge is 0.325 e. The van der Waals surface area contributed by atoms with E-state index in [-0.39, 0.29) is 35.6 Å². The second kappa shape index (κ2) is 12.5. The molecule has 8 nitrogen and oxygen atoms in total. The summed E-state index contributed by atoms with van der Waals surface area (Å²) in [5.41, 5.74) is 10.3. The summed E-state index contributed by atoms with van der Waals surface area (Å²) in [5, 5.41) is 6.90. The van der Waals surface area contributed by atoms with E-state index in [9.17, 15) is 0 Å². The average molecular weight is 753 g/mol. The fraction of sp³-hybridized carbons (Fsp3) is 0.474. The minimum atomic E-state index is -0.0176. The summed E-state index contributed by atoms with van der Waals surface area (Å²) < 4.78 is 0. The van der Waals surface area contributed by atoms with Crippen LogP contribution in [-0.4, -0.2) is 69.2 Å². The van der Waals surface area contributed by atoms with E-state index in [0.717, 1.165) is 99.5 Å². The predicted molar refractivity (Wildman–Crippen MR) is 205 cm³/mol. The van der Waals surface area contributed by atoms with Gasteiger partial charge in [0.05, 0.1) is 0 Å². The van der Waals surface area contributed by atoms with Gasteiger partial charge >= 0.3 is 0 Å². The van der Waals surface area contributed by atoms with Crippen molar-refractivity contribution in [1.82, 2.24) is 30.0 Å². The number of hydrogen-bond acceptors (Lipinski definition) is 8. The molecule has 262 valence electrons. The van der Waals surface area contributed by atoms with Crippen LogP contribution in [0, 0.1) is 0 Å². The monoisotopic (exact) mass is 750 g/mol. The molecule has 4 atom stereocenters. The van der Waals surface area contributed by atoms with Gasteiger partial charge in [-0.05, 0) is 97.9 Å². The number of halogens is 4. The van der Waals surface area contributed by atoms with Gasteiger partial charge < -0.3 is 9.80 Å². The Kier molecular flexibility index (Phi) is 8.56. The minimum Gasteiger partial charge on any atom is -0.325 e. The van der Waals surface area contributed by atoms with Crippen LogP contribution < -0.4 is 9.80 Å². The molecule has 2 aliphatic carbocycles. The van der Waals surface area contributed by atoms with Crippen molar-refractivity contribution in [3.8, 4) is 0 Å². The second-order valence-corrected chi connectivity index (χ2v) is 16.2. The molecule has 50 heavy (non-hydrogen) atoms. The number of rotatable bonds is 3. The van der Waals surface area contributed by atoms with Crippen molar-refractivity contribution < 1.29 is 0 Å². The fourth-order valence-corrected chi connectivity index (χ4v) is 10.6. The number of aromatic nitrogens is 4. The highest BCUT2D eigenvalue weighted by atomic mass is 35.5. The quantitative estimate of drug-likeness (QED) is 0.207. The van der Waals surface area contributed by atoms with E-state index in [1.165, 1.54) is 45.0 Å². The molecule has 0 amide bonds. The highest BCUT2D eigenvalue weighted by Gasteiger charge is 2.54. The van der Waals surface area contributed by atoms with Gasteiger partial charge in [-0.2, -0.15) is 0 Å². The Hall–Kier alpha value is -2.72. The maximum atomic E-state index is 6.72. The lowest BCUT2D eigenvalue weighted by Gasteiger charge is -2.33. The van der Waals surface area contributed by atoms with Crippen LogP contribution >= 0.6 is 48.0 Å². The van der Waals surface area contributed by atoms with E-state index in [2.05, 4.69) is 67.9 Å². The molecule has 0 saturated carbocycles. The molecule has 0 N–H and O–H groups in total. The van der Waals surface area contributed by atoms with Gasteiger partial charge in [0.15, 0.2) is 0 Å². The summed E-state index contributed by atoms with van der Waals surface area (Å²) in [6.07, 6.45) is 10.1. The highest BCUT2D eigenvalue weighted by Crippen LogP contribution is 2.55. The molecule has 2 fully saturated rings. The lowest BCUT2D eigenvalue weighted by molar-refractivity contribution is 0.0111. The Morgan fingerprint density at radius 2 is 1.06 bits per heavy atom. The lowest BCUT2D eigenvalue weighted by atomic mass is 9.81. The topological polar surface area (TPSA) is 64.5 Å². The van der Waals surface area contributed by atoms with Gasteiger partial charge in [-0.15, -0.1) is 24.8 Å².